The molecular weight excluding hydrogens is 574 g/mol. The molecule has 9 nitrogen and oxygen atoms in total. The number of hydrogen-bond acceptors (Lipinski definition) is 6. The maximum atomic E-state index is 13.0. The lowest BCUT2D eigenvalue weighted by Gasteiger charge is -2.20. The van der Waals surface area contributed by atoms with Crippen LogP contribution in [0.25, 0.3) is 22.4 Å². The Hall–Kier alpha value is -4.72. The summed E-state index contributed by atoms with van der Waals surface area (Å²) in [5.41, 5.74) is 3.49. The van der Waals surface area contributed by atoms with Gasteiger partial charge in [0.05, 0.1) is 22.2 Å². The van der Waals surface area contributed by atoms with Gasteiger partial charge in [-0.05, 0) is 74.4 Å². The normalized spacial score (nSPS) is 11.8. The number of amides is 1. The van der Waals surface area contributed by atoms with E-state index >= 15 is 0 Å². The summed E-state index contributed by atoms with van der Waals surface area (Å²) < 4.78 is 35.1. The number of aromatic nitrogens is 1. The molecule has 1 aromatic heterocycles. The molecule has 2 N–H and O–H groups in total. The highest BCUT2D eigenvalue weighted by Gasteiger charge is 2.20. The lowest BCUT2D eigenvalue weighted by molar-refractivity contribution is 0.0561. The van der Waals surface area contributed by atoms with Crippen LogP contribution in [-0.4, -0.2) is 31.1 Å². The largest absolute Gasteiger partial charge is 0.444 e. The maximum Gasteiger partial charge on any atom is 0.414 e. The van der Waals surface area contributed by atoms with Gasteiger partial charge in [-0.2, -0.15) is 13.7 Å². The highest BCUT2D eigenvalue weighted by molar-refractivity contribution is 7.90. The minimum absolute atomic E-state index is 0.0348. The van der Waals surface area contributed by atoms with Gasteiger partial charge < -0.3 is 10.1 Å². The third-order valence-corrected chi connectivity index (χ3v) is 7.26. The third kappa shape index (κ3) is 8.16. The zero-order chi connectivity index (χ0) is 30.3. The van der Waals surface area contributed by atoms with Gasteiger partial charge in [0.15, 0.2) is 0 Å². The molecule has 4 aromatic rings. The van der Waals surface area contributed by atoms with Crippen LogP contribution in [0.15, 0.2) is 100 Å². The summed E-state index contributed by atoms with van der Waals surface area (Å²) >= 11 is 6.09. The Morgan fingerprint density at radius 3 is 2.26 bits per heavy atom. The zero-order valence-corrected chi connectivity index (χ0v) is 24.7. The summed E-state index contributed by atoms with van der Waals surface area (Å²) in [4.78, 5) is 17.2. The number of sulfonamides is 1. The van der Waals surface area contributed by atoms with E-state index in [2.05, 4.69) is 26.1 Å². The second-order valence-electron chi connectivity index (χ2n) is 10.1. The van der Waals surface area contributed by atoms with Gasteiger partial charge in [-0.1, -0.05) is 54.1 Å². The van der Waals surface area contributed by atoms with Crippen LogP contribution in [0.2, 0.25) is 5.02 Å². The molecule has 1 heterocycles. The molecule has 0 spiro atoms. The molecule has 0 saturated carbocycles. The van der Waals surface area contributed by atoms with Gasteiger partial charge >= 0.3 is 6.09 Å². The number of ether oxygens (including phenoxy) is 1. The molecule has 0 aliphatic rings. The molecule has 0 atom stereocenters. The average molecular weight is 602 g/mol. The summed E-state index contributed by atoms with van der Waals surface area (Å²) in [5, 5.41) is 15.1. The van der Waals surface area contributed by atoms with Crippen LogP contribution in [0.1, 0.15) is 31.9 Å². The van der Waals surface area contributed by atoms with Crippen LogP contribution in [0, 0.1) is 11.3 Å². The summed E-state index contributed by atoms with van der Waals surface area (Å²) in [6.07, 6.45) is 0.771. The summed E-state index contributed by atoms with van der Waals surface area (Å²) in [7, 11) is -4.15. The van der Waals surface area contributed by atoms with Crippen molar-refractivity contribution in [3.05, 3.63) is 107 Å². The fourth-order valence-corrected chi connectivity index (χ4v) is 4.92. The first-order valence-corrected chi connectivity index (χ1v) is 14.6. The van der Waals surface area contributed by atoms with Gasteiger partial charge in [-0.25, -0.2) is 4.79 Å². The van der Waals surface area contributed by atoms with Crippen molar-refractivity contribution < 1.29 is 17.9 Å². The van der Waals surface area contributed by atoms with E-state index in [4.69, 9.17) is 16.3 Å². The van der Waals surface area contributed by atoms with Crippen LogP contribution in [-0.2, 0) is 21.3 Å². The lowest BCUT2D eigenvalue weighted by Crippen LogP contribution is -2.43. The number of pyridine rings is 1. The van der Waals surface area contributed by atoms with Crippen molar-refractivity contribution in [1.29, 1.82) is 5.26 Å². The van der Waals surface area contributed by atoms with Gasteiger partial charge in [0.25, 0.3) is 10.0 Å². The Morgan fingerprint density at radius 2 is 1.64 bits per heavy atom. The van der Waals surface area contributed by atoms with E-state index in [-0.39, 0.29) is 17.4 Å². The Labute approximate surface area is 249 Å². The van der Waals surface area contributed by atoms with Crippen molar-refractivity contribution in [2.75, 3.05) is 0 Å². The molecule has 0 unspecified atom stereocenters. The molecule has 3 aromatic carbocycles. The monoisotopic (exact) mass is 601 g/mol. The van der Waals surface area contributed by atoms with Gasteiger partial charge in [0.1, 0.15) is 5.60 Å². The molecule has 0 radical (unpaired) electrons. The summed E-state index contributed by atoms with van der Waals surface area (Å²) in [6, 6.07) is 26.0. The minimum atomic E-state index is -4.15. The van der Waals surface area contributed by atoms with Gasteiger partial charge in [-0.3, -0.25) is 10.3 Å². The third-order valence-electron chi connectivity index (χ3n) is 5.72. The number of nitriles is 1. The quantitative estimate of drug-likeness (QED) is 0.196. The van der Waals surface area contributed by atoms with Crippen molar-refractivity contribution in [2.24, 2.45) is 4.40 Å². The topological polar surface area (TPSA) is 134 Å². The van der Waals surface area contributed by atoms with E-state index in [9.17, 15) is 18.5 Å². The lowest BCUT2D eigenvalue weighted by atomic mass is 9.97. The van der Waals surface area contributed by atoms with Crippen molar-refractivity contribution in [2.45, 2.75) is 37.8 Å². The maximum absolute atomic E-state index is 13.0. The van der Waals surface area contributed by atoms with E-state index in [1.165, 1.54) is 12.1 Å². The van der Waals surface area contributed by atoms with Crippen LogP contribution >= 0.6 is 11.6 Å². The number of carbonyl (C=O) groups is 1. The van der Waals surface area contributed by atoms with E-state index < -0.39 is 21.7 Å². The van der Waals surface area contributed by atoms with E-state index in [1.54, 1.807) is 69.4 Å². The smallest absolute Gasteiger partial charge is 0.414 e. The Morgan fingerprint density at radius 1 is 1.00 bits per heavy atom. The molecule has 0 aliphatic heterocycles. The summed E-state index contributed by atoms with van der Waals surface area (Å²) in [6.45, 7) is 5.14. The molecule has 0 bridgehead atoms. The highest BCUT2D eigenvalue weighted by atomic mass is 35.5. The fourth-order valence-electron chi connectivity index (χ4n) is 3.84. The molecule has 42 heavy (non-hydrogen) atoms. The van der Waals surface area contributed by atoms with Gasteiger partial charge in [-0.15, -0.1) is 4.40 Å². The van der Waals surface area contributed by atoms with Crippen LogP contribution in [0.3, 0.4) is 0 Å². The molecule has 0 aliphatic carbocycles. The number of hydrogen-bond donors (Lipinski definition) is 2. The van der Waals surface area contributed by atoms with Crippen LogP contribution in [0.4, 0.5) is 4.79 Å². The molecule has 0 fully saturated rings. The highest BCUT2D eigenvalue weighted by Crippen LogP contribution is 2.32. The molecule has 214 valence electrons. The Kier molecular flexibility index (Phi) is 9.25. The average Bonchev–Trinajstić information content (AvgIpc) is 2.95. The molecule has 11 heteroatoms. The first-order chi connectivity index (χ1) is 19.9. The molecule has 0 saturated heterocycles. The SMILES string of the molecule is CC(C)(C)OC(=O)NC(=NS(=O)(=O)c1ccccc1)NCc1cnc(-c2ccc(Cl)cc2)c(-c2ccc(C#N)cc2)c1. The van der Waals surface area contributed by atoms with Crippen molar-refractivity contribution >= 4 is 33.7 Å². The molecule has 1 amide bonds. The van der Waals surface area contributed by atoms with E-state index in [0.717, 1.165) is 16.7 Å². The van der Waals surface area contributed by atoms with Gasteiger partial charge in [0, 0.05) is 28.9 Å². The van der Waals surface area contributed by atoms with E-state index in [1.807, 2.05) is 30.3 Å². The molecule has 4 rings (SSSR count). The van der Waals surface area contributed by atoms with Crippen molar-refractivity contribution in [3.63, 3.8) is 0 Å². The first-order valence-electron chi connectivity index (χ1n) is 12.8. The van der Waals surface area contributed by atoms with Gasteiger partial charge in [0.2, 0.25) is 5.96 Å². The number of guanidine groups is 1. The van der Waals surface area contributed by atoms with Crippen molar-refractivity contribution in [3.8, 4) is 28.5 Å². The van der Waals surface area contributed by atoms with E-state index in [0.29, 0.717) is 21.8 Å². The number of carbonyl (C=O) groups excluding carboxylic acids is 1. The summed E-state index contributed by atoms with van der Waals surface area (Å²) in [5.74, 6) is -0.310. The van der Waals surface area contributed by atoms with Crippen LogP contribution in [0.5, 0.6) is 0 Å². The number of halogens is 1. The molecular formula is C31H28ClN5O4S. The Balaban J connectivity index is 1.69. The fraction of sp³-hybridized carbons (Fsp3) is 0.161. The zero-order valence-electron chi connectivity index (χ0n) is 23.1. The number of nitrogens with zero attached hydrogens (tertiary/aromatic N) is 3. The Bertz CT molecular complexity index is 1740. The number of alkyl carbamates (subject to hydrolysis) is 1. The predicted molar refractivity (Wildman–Crippen MR) is 162 cm³/mol. The first kappa shape index (κ1) is 30.2. The second-order valence-corrected chi connectivity index (χ2v) is 12.2. The number of rotatable bonds is 6. The number of nitrogens with one attached hydrogen (secondary N) is 2. The van der Waals surface area contributed by atoms with Crippen molar-refractivity contribution in [1.82, 2.24) is 15.6 Å². The van der Waals surface area contributed by atoms with Crippen LogP contribution < -0.4 is 10.6 Å². The number of benzene rings is 3. The second kappa shape index (κ2) is 12.9. The minimum Gasteiger partial charge on any atom is -0.444 e. The predicted octanol–water partition coefficient (Wildman–Crippen LogP) is 6.30. The standard InChI is InChI=1S/C31H28ClN5O4S/c1-31(2,3)41-30(38)36-29(37-42(39,40)26-7-5-4-6-8-26)35-20-22-17-27(23-11-9-21(18-33)10-12-23)28(34-19-22)24-13-15-25(32)16-14-24/h4-17,19H,20H2,1-3H3,(H2,35,36,37,38).